The summed E-state index contributed by atoms with van der Waals surface area (Å²) in [7, 11) is 1.32. The van der Waals surface area contributed by atoms with Crippen LogP contribution in [0.15, 0.2) is 0 Å². The first-order valence-corrected chi connectivity index (χ1v) is 9.41. The third-order valence-electron chi connectivity index (χ3n) is 7.92. The van der Waals surface area contributed by atoms with Crippen LogP contribution < -0.4 is 0 Å². The molecule has 4 aliphatic heterocycles. The number of methoxy groups -OCH3 is 1. The summed E-state index contributed by atoms with van der Waals surface area (Å²) in [5, 5.41) is 0. The summed E-state index contributed by atoms with van der Waals surface area (Å²) < 4.78 is 16.6. The number of hydrogen-bond donors (Lipinski definition) is 0. The van der Waals surface area contributed by atoms with Crippen LogP contribution in [0.5, 0.6) is 0 Å². The fourth-order valence-electron chi connectivity index (χ4n) is 5.53. The Morgan fingerprint density at radius 1 is 1.12 bits per heavy atom. The molecule has 5 rings (SSSR count). The average Bonchev–Trinajstić information content (AvgIpc) is 2.92. The van der Waals surface area contributed by atoms with Crippen molar-refractivity contribution in [1.82, 2.24) is 4.90 Å². The molecule has 4 heterocycles. The van der Waals surface area contributed by atoms with Crippen molar-refractivity contribution in [3.63, 3.8) is 0 Å². The van der Waals surface area contributed by atoms with Crippen LogP contribution in [0.25, 0.3) is 0 Å². The van der Waals surface area contributed by atoms with Crippen molar-refractivity contribution in [2.75, 3.05) is 26.7 Å². The molecule has 0 aromatic carbocycles. The lowest BCUT2D eigenvalue weighted by Crippen LogP contribution is -2.66. The van der Waals surface area contributed by atoms with Crippen LogP contribution in [-0.2, 0) is 28.6 Å². The van der Waals surface area contributed by atoms with Crippen molar-refractivity contribution in [2.24, 2.45) is 16.7 Å². The van der Waals surface area contributed by atoms with Crippen LogP contribution in [0, 0.1) is 16.7 Å². The Kier molecular flexibility index (Phi) is 3.56. The van der Waals surface area contributed by atoms with Gasteiger partial charge in [0.2, 0.25) is 11.2 Å². The van der Waals surface area contributed by atoms with E-state index < -0.39 is 34.0 Å². The Bertz CT molecular complexity index is 682. The summed E-state index contributed by atoms with van der Waals surface area (Å²) in [6.07, 6.45) is 2.58. The Morgan fingerprint density at radius 2 is 1.77 bits per heavy atom. The fourth-order valence-corrected chi connectivity index (χ4v) is 5.53. The summed E-state index contributed by atoms with van der Waals surface area (Å²) in [4.78, 5) is 40.6. The molecule has 0 aromatic heterocycles. The van der Waals surface area contributed by atoms with Gasteiger partial charge in [0.15, 0.2) is 0 Å². The predicted molar refractivity (Wildman–Crippen MR) is 89.9 cm³/mol. The maximum atomic E-state index is 13.4. The number of carbonyl (C=O) groups is 3. The molecule has 0 radical (unpaired) electrons. The van der Waals surface area contributed by atoms with E-state index in [1.807, 2.05) is 20.8 Å². The smallest absolute Gasteiger partial charge is 0.352 e. The maximum absolute atomic E-state index is 13.4. The molecule has 0 amide bonds. The highest BCUT2D eigenvalue weighted by atomic mass is 16.6. The van der Waals surface area contributed by atoms with E-state index in [4.69, 9.17) is 14.2 Å². The number of hydrogen-bond acceptors (Lipinski definition) is 7. The molecule has 1 aliphatic carbocycles. The zero-order valence-corrected chi connectivity index (χ0v) is 15.9. The molecule has 0 spiro atoms. The lowest BCUT2D eigenvalue weighted by molar-refractivity contribution is -0.219. The van der Waals surface area contributed by atoms with Gasteiger partial charge < -0.3 is 14.2 Å². The summed E-state index contributed by atoms with van der Waals surface area (Å²) in [6, 6.07) is 0. The lowest BCUT2D eigenvalue weighted by atomic mass is 9.66. The van der Waals surface area contributed by atoms with Crippen molar-refractivity contribution in [3.8, 4) is 0 Å². The van der Waals surface area contributed by atoms with Crippen LogP contribution in [0.1, 0.15) is 46.5 Å². The maximum Gasteiger partial charge on any atom is 0.352 e. The topological polar surface area (TPSA) is 82.1 Å². The van der Waals surface area contributed by atoms with E-state index in [0.29, 0.717) is 19.4 Å². The zero-order valence-electron chi connectivity index (χ0n) is 15.9. The number of carbonyl (C=O) groups excluding carboxylic acids is 3. The minimum absolute atomic E-state index is 0.0618. The Balaban J connectivity index is 1.69. The number of rotatable bonds is 3. The van der Waals surface area contributed by atoms with Gasteiger partial charge in [0.25, 0.3) is 0 Å². The molecule has 1 saturated carbocycles. The first kappa shape index (κ1) is 17.8. The van der Waals surface area contributed by atoms with Crippen molar-refractivity contribution in [2.45, 2.75) is 57.7 Å². The molecule has 5 fully saturated rings. The monoisotopic (exact) mass is 365 g/mol. The number of esters is 3. The Morgan fingerprint density at radius 3 is 2.19 bits per heavy atom. The van der Waals surface area contributed by atoms with Gasteiger partial charge in [-0.2, -0.15) is 0 Å². The molecule has 3 unspecified atom stereocenters. The second-order valence-corrected chi connectivity index (χ2v) is 8.99. The largest absolute Gasteiger partial charge is 0.466 e. The van der Waals surface area contributed by atoms with Crippen LogP contribution in [0.2, 0.25) is 0 Å². The van der Waals surface area contributed by atoms with E-state index >= 15 is 0 Å². The Labute approximate surface area is 153 Å². The van der Waals surface area contributed by atoms with Gasteiger partial charge in [-0.15, -0.1) is 0 Å². The van der Waals surface area contributed by atoms with E-state index in [1.54, 1.807) is 0 Å². The van der Waals surface area contributed by atoms with Gasteiger partial charge in [0.05, 0.1) is 12.5 Å². The van der Waals surface area contributed by atoms with Crippen LogP contribution >= 0.6 is 0 Å². The molecule has 0 aromatic rings. The SMILES string of the molecule is COC(=O)C1(OC(=O)C23CCC(C)(C(=O)O2)C3(C)C)CN2CCC1CC2. The van der Waals surface area contributed by atoms with E-state index in [0.717, 1.165) is 25.9 Å². The van der Waals surface area contributed by atoms with Gasteiger partial charge >= 0.3 is 17.9 Å². The van der Waals surface area contributed by atoms with Crippen LogP contribution in [-0.4, -0.2) is 60.8 Å². The van der Waals surface area contributed by atoms with E-state index in [-0.39, 0.29) is 11.9 Å². The van der Waals surface area contributed by atoms with Gasteiger partial charge in [-0.1, -0.05) is 13.8 Å². The molecular weight excluding hydrogens is 338 g/mol. The molecule has 26 heavy (non-hydrogen) atoms. The molecule has 0 N–H and O–H groups in total. The highest BCUT2D eigenvalue weighted by molar-refractivity contribution is 5.95. The fraction of sp³-hybridized carbons (Fsp3) is 0.842. The minimum Gasteiger partial charge on any atom is -0.466 e. The number of piperidine rings is 3. The number of nitrogens with zero attached hydrogens (tertiary/aromatic N) is 1. The number of ether oxygens (including phenoxy) is 3. The van der Waals surface area contributed by atoms with Crippen molar-refractivity contribution in [3.05, 3.63) is 0 Å². The third-order valence-corrected chi connectivity index (χ3v) is 7.92. The first-order valence-electron chi connectivity index (χ1n) is 9.41. The van der Waals surface area contributed by atoms with Crippen molar-refractivity contribution < 1.29 is 28.6 Å². The van der Waals surface area contributed by atoms with Crippen LogP contribution in [0.4, 0.5) is 0 Å². The molecule has 4 bridgehead atoms. The molecule has 3 atom stereocenters. The zero-order chi connectivity index (χ0) is 19.0. The highest BCUT2D eigenvalue weighted by Crippen LogP contribution is 2.66. The molecule has 4 saturated heterocycles. The van der Waals surface area contributed by atoms with Crippen molar-refractivity contribution in [1.29, 1.82) is 0 Å². The summed E-state index contributed by atoms with van der Waals surface area (Å²) >= 11 is 0. The minimum atomic E-state index is -1.33. The molecule has 7 heteroatoms. The van der Waals surface area contributed by atoms with Crippen LogP contribution in [0.3, 0.4) is 0 Å². The predicted octanol–water partition coefficient (Wildman–Crippen LogP) is 1.29. The normalized spacial score (nSPS) is 45.3. The van der Waals surface area contributed by atoms with Gasteiger partial charge in [-0.25, -0.2) is 9.59 Å². The lowest BCUT2D eigenvalue weighted by Gasteiger charge is -2.51. The molecule has 7 nitrogen and oxygen atoms in total. The Hall–Kier alpha value is -1.63. The van der Waals surface area contributed by atoms with Gasteiger partial charge in [0.1, 0.15) is 0 Å². The van der Waals surface area contributed by atoms with Gasteiger partial charge in [0, 0.05) is 17.9 Å². The van der Waals surface area contributed by atoms with E-state index in [2.05, 4.69) is 4.90 Å². The standard InChI is InChI=1S/C19H27NO6/c1-16(2)17(3)7-8-19(16,26-13(17)21)15(23)25-18(14(22)24-4)11-20-9-5-12(18)6-10-20/h12H,5-11H2,1-4H3. The second kappa shape index (κ2) is 5.21. The highest BCUT2D eigenvalue weighted by Gasteiger charge is 2.77. The summed E-state index contributed by atoms with van der Waals surface area (Å²) in [5.74, 6) is -1.53. The molecular formula is C19H27NO6. The second-order valence-electron chi connectivity index (χ2n) is 8.99. The van der Waals surface area contributed by atoms with Gasteiger partial charge in [-0.05, 0) is 45.7 Å². The third kappa shape index (κ3) is 1.85. The first-order chi connectivity index (χ1) is 12.1. The van der Waals surface area contributed by atoms with Gasteiger partial charge in [-0.3, -0.25) is 9.69 Å². The molecule has 144 valence electrons. The van der Waals surface area contributed by atoms with Crippen molar-refractivity contribution >= 4 is 17.9 Å². The van der Waals surface area contributed by atoms with E-state index in [9.17, 15) is 14.4 Å². The summed E-state index contributed by atoms with van der Waals surface area (Å²) in [6.45, 7) is 7.75. The number of fused-ring (bicyclic) bond motifs is 5. The quantitative estimate of drug-likeness (QED) is 0.550. The average molecular weight is 365 g/mol. The van der Waals surface area contributed by atoms with E-state index in [1.165, 1.54) is 7.11 Å². The summed E-state index contributed by atoms with van der Waals surface area (Å²) in [5.41, 5.74) is -4.04. The molecule has 5 aliphatic rings.